The van der Waals surface area contributed by atoms with Gasteiger partial charge in [0.1, 0.15) is 11.5 Å². The first-order valence-electron chi connectivity index (χ1n) is 10.2. The molecule has 0 fully saturated rings. The van der Waals surface area contributed by atoms with Gasteiger partial charge in [-0.15, -0.1) is 0 Å². The number of carbonyl (C=O) groups excluding carboxylic acids is 1. The van der Waals surface area contributed by atoms with Gasteiger partial charge >= 0.3 is 6.09 Å². The topological polar surface area (TPSA) is 121 Å². The molecule has 162 valence electrons. The summed E-state index contributed by atoms with van der Waals surface area (Å²) in [4.78, 5) is 20.4. The minimum Gasteiger partial charge on any atom is -0.450 e. The number of ether oxygens (including phenoxy) is 1. The van der Waals surface area contributed by atoms with E-state index in [0.717, 1.165) is 43.5 Å². The van der Waals surface area contributed by atoms with E-state index in [4.69, 9.17) is 16.2 Å². The predicted octanol–water partition coefficient (Wildman–Crippen LogP) is 3.37. The third kappa shape index (κ3) is 6.95. The molecular formula is C22H32N6O2. The number of hydrogen-bond acceptors (Lipinski definition) is 5. The number of nitrogens with zero attached hydrogens (tertiary/aromatic N) is 3. The third-order valence-electron chi connectivity index (χ3n) is 4.70. The van der Waals surface area contributed by atoms with Gasteiger partial charge in [0.2, 0.25) is 0 Å². The molecule has 0 saturated heterocycles. The number of unbranched alkanes of at least 4 members (excludes halogenated alkanes) is 1. The molecule has 1 amide bonds. The van der Waals surface area contributed by atoms with Crippen molar-refractivity contribution in [3.8, 4) is 0 Å². The Balaban J connectivity index is 1.75. The fourth-order valence-corrected chi connectivity index (χ4v) is 3.16. The molecule has 0 radical (unpaired) electrons. The molecule has 1 heterocycles. The van der Waals surface area contributed by atoms with Gasteiger partial charge in [0.25, 0.3) is 0 Å². The van der Waals surface area contributed by atoms with Crippen LogP contribution in [-0.2, 0) is 11.3 Å². The summed E-state index contributed by atoms with van der Waals surface area (Å²) in [7, 11) is 0. The van der Waals surface area contributed by atoms with Crippen molar-refractivity contribution in [3.63, 3.8) is 0 Å². The van der Waals surface area contributed by atoms with Crippen LogP contribution in [0.15, 0.2) is 54.1 Å². The molecule has 1 aromatic heterocycles. The van der Waals surface area contributed by atoms with Crippen molar-refractivity contribution in [1.82, 2.24) is 14.9 Å². The number of amides is 1. The van der Waals surface area contributed by atoms with Gasteiger partial charge < -0.3 is 26.1 Å². The smallest absolute Gasteiger partial charge is 0.407 e. The molecule has 0 saturated carbocycles. The molecule has 0 spiro atoms. The highest BCUT2D eigenvalue weighted by Crippen LogP contribution is 2.18. The highest BCUT2D eigenvalue weighted by molar-refractivity contribution is 5.97. The van der Waals surface area contributed by atoms with Crippen LogP contribution in [0, 0.1) is 6.92 Å². The zero-order valence-corrected chi connectivity index (χ0v) is 17.8. The van der Waals surface area contributed by atoms with Gasteiger partial charge in [0.15, 0.2) is 5.84 Å². The Kier molecular flexibility index (Phi) is 8.93. The molecule has 0 aliphatic carbocycles. The van der Waals surface area contributed by atoms with Crippen LogP contribution in [0.1, 0.15) is 55.6 Å². The highest BCUT2D eigenvalue weighted by Gasteiger charge is 2.14. The van der Waals surface area contributed by atoms with E-state index in [1.54, 1.807) is 6.33 Å². The minimum atomic E-state index is -0.385. The van der Waals surface area contributed by atoms with Crippen LogP contribution in [0.3, 0.4) is 0 Å². The molecule has 30 heavy (non-hydrogen) atoms. The average molecular weight is 413 g/mol. The van der Waals surface area contributed by atoms with Crippen molar-refractivity contribution in [2.45, 2.75) is 52.1 Å². The van der Waals surface area contributed by atoms with E-state index in [1.807, 2.05) is 41.8 Å². The third-order valence-corrected chi connectivity index (χ3v) is 4.70. The SMILES string of the molecule is C=C(N)N=C(N)c1ncn(CCCCOC(=O)NC(CCC)c2ccccc2)c1C. The predicted molar refractivity (Wildman–Crippen MR) is 119 cm³/mol. The molecule has 2 rings (SSSR count). The van der Waals surface area contributed by atoms with E-state index in [9.17, 15) is 4.79 Å². The average Bonchev–Trinajstić information content (AvgIpc) is 3.08. The molecule has 0 aliphatic heterocycles. The maximum Gasteiger partial charge on any atom is 0.407 e. The van der Waals surface area contributed by atoms with Crippen molar-refractivity contribution < 1.29 is 9.53 Å². The monoisotopic (exact) mass is 412 g/mol. The van der Waals surface area contributed by atoms with Gasteiger partial charge in [-0.25, -0.2) is 14.8 Å². The molecule has 0 bridgehead atoms. The maximum atomic E-state index is 12.2. The zero-order chi connectivity index (χ0) is 21.9. The van der Waals surface area contributed by atoms with Gasteiger partial charge in [-0.3, -0.25) is 0 Å². The highest BCUT2D eigenvalue weighted by atomic mass is 16.5. The van der Waals surface area contributed by atoms with Crippen molar-refractivity contribution in [2.75, 3.05) is 6.61 Å². The number of nitrogens with two attached hydrogens (primary N) is 2. The van der Waals surface area contributed by atoms with E-state index in [2.05, 4.69) is 28.8 Å². The van der Waals surface area contributed by atoms with E-state index >= 15 is 0 Å². The summed E-state index contributed by atoms with van der Waals surface area (Å²) < 4.78 is 7.35. The molecule has 5 N–H and O–H groups in total. The zero-order valence-electron chi connectivity index (χ0n) is 17.8. The van der Waals surface area contributed by atoms with E-state index in [0.29, 0.717) is 12.3 Å². The van der Waals surface area contributed by atoms with Crippen molar-refractivity contribution in [1.29, 1.82) is 0 Å². The second kappa shape index (κ2) is 11.6. The van der Waals surface area contributed by atoms with Gasteiger partial charge in [-0.2, -0.15) is 0 Å². The first-order valence-corrected chi connectivity index (χ1v) is 10.2. The molecule has 1 unspecified atom stereocenters. The largest absolute Gasteiger partial charge is 0.450 e. The lowest BCUT2D eigenvalue weighted by Gasteiger charge is -2.18. The summed E-state index contributed by atoms with van der Waals surface area (Å²) in [5.41, 5.74) is 13.9. The first-order chi connectivity index (χ1) is 14.4. The Labute approximate surface area is 178 Å². The van der Waals surface area contributed by atoms with Crippen molar-refractivity contribution >= 4 is 11.9 Å². The number of rotatable bonds is 11. The van der Waals surface area contributed by atoms with Gasteiger partial charge in [0.05, 0.1) is 19.0 Å². The van der Waals surface area contributed by atoms with Crippen LogP contribution in [0.4, 0.5) is 4.79 Å². The summed E-state index contributed by atoms with van der Waals surface area (Å²) >= 11 is 0. The van der Waals surface area contributed by atoms with Crippen LogP contribution in [0.5, 0.6) is 0 Å². The number of hydrogen-bond donors (Lipinski definition) is 3. The maximum absolute atomic E-state index is 12.2. The van der Waals surface area contributed by atoms with Crippen molar-refractivity contribution in [3.05, 3.63) is 66.0 Å². The van der Waals surface area contributed by atoms with Gasteiger partial charge in [-0.05, 0) is 31.7 Å². The van der Waals surface area contributed by atoms with Crippen LogP contribution in [0.2, 0.25) is 0 Å². The normalized spacial score (nSPS) is 12.4. The fourth-order valence-electron chi connectivity index (χ4n) is 3.16. The van der Waals surface area contributed by atoms with E-state index < -0.39 is 0 Å². The van der Waals surface area contributed by atoms with Crippen molar-refractivity contribution in [2.24, 2.45) is 16.5 Å². The number of nitrogens with one attached hydrogen (secondary N) is 1. The summed E-state index contributed by atoms with van der Waals surface area (Å²) in [5.74, 6) is 0.393. The molecule has 0 aliphatic rings. The Morgan fingerprint density at radius 2 is 2.03 bits per heavy atom. The lowest BCUT2D eigenvalue weighted by Crippen LogP contribution is -2.29. The summed E-state index contributed by atoms with van der Waals surface area (Å²) in [6, 6.07) is 9.91. The summed E-state index contributed by atoms with van der Waals surface area (Å²) in [5, 5.41) is 2.96. The second-order valence-corrected chi connectivity index (χ2v) is 7.10. The van der Waals surface area contributed by atoms with Crippen LogP contribution in [0.25, 0.3) is 0 Å². The number of benzene rings is 1. The Hall–Kier alpha value is -3.29. The Morgan fingerprint density at radius 1 is 1.30 bits per heavy atom. The fraction of sp³-hybridized carbons (Fsp3) is 0.409. The minimum absolute atomic E-state index is 0.0348. The van der Waals surface area contributed by atoms with E-state index in [1.165, 1.54) is 0 Å². The molecule has 1 atom stereocenters. The lowest BCUT2D eigenvalue weighted by molar-refractivity contribution is 0.139. The van der Waals surface area contributed by atoms with Crippen LogP contribution in [-0.4, -0.2) is 28.1 Å². The lowest BCUT2D eigenvalue weighted by atomic mass is 10.0. The standard InChI is InChI=1S/C22H32N6O2/c1-4-10-19(18-11-6-5-7-12-18)27-22(29)30-14-9-8-13-28-15-25-20(16(28)2)21(24)26-17(3)23/h5-7,11-12,15,19H,3-4,8-10,13-14,23H2,1-2H3,(H2,24,26)(H,27,29). The van der Waals surface area contributed by atoms with E-state index in [-0.39, 0.29) is 23.8 Å². The Morgan fingerprint density at radius 3 is 2.70 bits per heavy atom. The van der Waals surface area contributed by atoms with Gasteiger partial charge in [-0.1, -0.05) is 50.3 Å². The number of carbonyl (C=O) groups is 1. The number of imidazole rings is 1. The number of alkyl carbamates (subject to hydrolysis) is 1. The summed E-state index contributed by atoms with van der Waals surface area (Å²) in [6.45, 7) is 8.63. The van der Waals surface area contributed by atoms with Crippen LogP contribution < -0.4 is 16.8 Å². The molecule has 8 heteroatoms. The molecule has 8 nitrogen and oxygen atoms in total. The second-order valence-electron chi connectivity index (χ2n) is 7.10. The first kappa shape index (κ1) is 23.0. The quantitative estimate of drug-likeness (QED) is 0.297. The Bertz CT molecular complexity index is 860. The van der Waals surface area contributed by atoms with Crippen LogP contribution >= 0.6 is 0 Å². The van der Waals surface area contributed by atoms with Gasteiger partial charge in [0, 0.05) is 12.2 Å². The molecule has 1 aromatic carbocycles. The summed E-state index contributed by atoms with van der Waals surface area (Å²) in [6.07, 6.45) is 4.75. The number of amidine groups is 1. The number of aryl methyl sites for hydroxylation is 1. The number of aliphatic imine (C=N–C) groups is 1. The number of aromatic nitrogens is 2. The molecular weight excluding hydrogens is 380 g/mol. The molecule has 2 aromatic rings.